The van der Waals surface area contributed by atoms with Crippen molar-refractivity contribution in [2.75, 3.05) is 25.1 Å². The Morgan fingerprint density at radius 3 is 3.11 bits per heavy atom. The van der Waals surface area contributed by atoms with Crippen molar-refractivity contribution >= 4 is 23.2 Å². The summed E-state index contributed by atoms with van der Waals surface area (Å²) in [6, 6.07) is 3.64. The molecule has 6 heteroatoms. The van der Waals surface area contributed by atoms with Crippen LogP contribution in [0.15, 0.2) is 18.3 Å². The first kappa shape index (κ1) is 13.1. The smallest absolute Gasteiger partial charge is 0.243 e. The highest BCUT2D eigenvalue weighted by Gasteiger charge is 2.02. The maximum absolute atomic E-state index is 5.88. The van der Waals surface area contributed by atoms with E-state index in [1.807, 2.05) is 6.07 Å². The Morgan fingerprint density at radius 1 is 1.39 bits per heavy atom. The third-order valence-electron chi connectivity index (χ3n) is 2.39. The number of aromatic nitrogens is 3. The lowest BCUT2D eigenvalue weighted by Crippen LogP contribution is -2.07. The molecule has 5 nitrogen and oxygen atoms in total. The molecule has 0 radical (unpaired) electrons. The minimum absolute atomic E-state index is 0.618. The second-order valence-electron chi connectivity index (χ2n) is 3.98. The second kappa shape index (κ2) is 6.56. The zero-order chi connectivity index (χ0) is 12.8. The molecule has 0 aromatic carbocycles. The molecule has 2 aromatic rings. The summed E-state index contributed by atoms with van der Waals surface area (Å²) >= 11 is 5.88. The molecule has 0 saturated heterocycles. The standard InChI is InChI=1S/C12H17ClN4O/c1-2-7-18-8-3-6-14-12-15-11-5-4-10(13)9-17(11)16-12/h4-5,9H,2-3,6-8H2,1H3,(H,14,16). The van der Waals surface area contributed by atoms with Gasteiger partial charge in [0.2, 0.25) is 5.95 Å². The monoisotopic (exact) mass is 268 g/mol. The number of anilines is 1. The van der Waals surface area contributed by atoms with Crippen LogP contribution in [0.3, 0.4) is 0 Å². The van der Waals surface area contributed by atoms with E-state index < -0.39 is 0 Å². The molecule has 0 aliphatic heterocycles. The van der Waals surface area contributed by atoms with Gasteiger partial charge in [-0.3, -0.25) is 0 Å². The van der Waals surface area contributed by atoms with Gasteiger partial charge in [0.1, 0.15) is 0 Å². The van der Waals surface area contributed by atoms with E-state index in [-0.39, 0.29) is 0 Å². The molecule has 2 rings (SSSR count). The highest BCUT2D eigenvalue weighted by molar-refractivity contribution is 6.30. The summed E-state index contributed by atoms with van der Waals surface area (Å²) in [5, 5.41) is 8.09. The molecule has 98 valence electrons. The molecule has 2 heterocycles. The topological polar surface area (TPSA) is 51.5 Å². The molecule has 0 saturated carbocycles. The Morgan fingerprint density at radius 2 is 2.28 bits per heavy atom. The van der Waals surface area contributed by atoms with Crippen LogP contribution in [-0.4, -0.2) is 34.4 Å². The number of halogens is 1. The molecule has 0 aliphatic carbocycles. The van der Waals surface area contributed by atoms with Crippen LogP contribution >= 0.6 is 11.6 Å². The number of ether oxygens (including phenoxy) is 1. The van der Waals surface area contributed by atoms with E-state index in [0.29, 0.717) is 11.0 Å². The van der Waals surface area contributed by atoms with Gasteiger partial charge in [-0.05, 0) is 25.0 Å². The van der Waals surface area contributed by atoms with Crippen molar-refractivity contribution in [1.29, 1.82) is 0 Å². The number of hydrogen-bond donors (Lipinski definition) is 1. The summed E-state index contributed by atoms with van der Waals surface area (Å²) in [6.07, 6.45) is 3.73. The third kappa shape index (κ3) is 3.58. The first-order chi connectivity index (χ1) is 8.79. The zero-order valence-corrected chi connectivity index (χ0v) is 11.2. The van der Waals surface area contributed by atoms with E-state index in [1.165, 1.54) is 0 Å². The van der Waals surface area contributed by atoms with Gasteiger partial charge in [0, 0.05) is 26.0 Å². The molecule has 0 aliphatic rings. The number of nitrogens with one attached hydrogen (secondary N) is 1. The van der Waals surface area contributed by atoms with Crippen LogP contribution in [0, 0.1) is 0 Å². The van der Waals surface area contributed by atoms with E-state index in [0.717, 1.165) is 38.2 Å². The van der Waals surface area contributed by atoms with Crippen molar-refractivity contribution in [3.05, 3.63) is 23.4 Å². The Bertz CT molecular complexity index is 500. The zero-order valence-electron chi connectivity index (χ0n) is 10.4. The number of rotatable bonds is 7. The number of pyridine rings is 1. The summed E-state index contributed by atoms with van der Waals surface area (Å²) < 4.78 is 7.06. The lowest BCUT2D eigenvalue weighted by Gasteiger charge is -2.02. The summed E-state index contributed by atoms with van der Waals surface area (Å²) in [4.78, 5) is 4.33. The van der Waals surface area contributed by atoms with Gasteiger partial charge in [0.25, 0.3) is 0 Å². The second-order valence-corrected chi connectivity index (χ2v) is 4.41. The van der Waals surface area contributed by atoms with Gasteiger partial charge < -0.3 is 10.1 Å². The van der Waals surface area contributed by atoms with E-state index in [1.54, 1.807) is 16.8 Å². The molecule has 0 amide bonds. The van der Waals surface area contributed by atoms with Crippen LogP contribution in [0.4, 0.5) is 5.95 Å². The molecule has 0 atom stereocenters. The van der Waals surface area contributed by atoms with Gasteiger partial charge in [-0.1, -0.05) is 18.5 Å². The van der Waals surface area contributed by atoms with E-state index in [2.05, 4.69) is 22.3 Å². The van der Waals surface area contributed by atoms with Gasteiger partial charge in [0.15, 0.2) is 5.65 Å². The van der Waals surface area contributed by atoms with Gasteiger partial charge >= 0.3 is 0 Å². The molecule has 0 fully saturated rings. The fraction of sp³-hybridized carbons (Fsp3) is 0.500. The lowest BCUT2D eigenvalue weighted by molar-refractivity contribution is 0.134. The SMILES string of the molecule is CCCOCCCNc1nc2ccc(Cl)cn2n1. The highest BCUT2D eigenvalue weighted by Crippen LogP contribution is 2.11. The molecule has 0 unspecified atom stereocenters. The summed E-state index contributed by atoms with van der Waals surface area (Å²) in [7, 11) is 0. The molecule has 0 spiro atoms. The van der Waals surface area contributed by atoms with Crippen molar-refractivity contribution < 1.29 is 4.74 Å². The van der Waals surface area contributed by atoms with Gasteiger partial charge in [-0.2, -0.15) is 4.98 Å². The Kier molecular flexibility index (Phi) is 4.78. The lowest BCUT2D eigenvalue weighted by atomic mass is 10.4. The first-order valence-corrected chi connectivity index (χ1v) is 6.51. The van der Waals surface area contributed by atoms with Gasteiger partial charge in [0.05, 0.1) is 5.02 Å². The first-order valence-electron chi connectivity index (χ1n) is 6.13. The van der Waals surface area contributed by atoms with Crippen LogP contribution < -0.4 is 5.32 Å². The van der Waals surface area contributed by atoms with Crippen molar-refractivity contribution in [2.45, 2.75) is 19.8 Å². The normalized spacial score (nSPS) is 11.0. The summed E-state index contributed by atoms with van der Waals surface area (Å²) in [5.41, 5.74) is 0.782. The van der Waals surface area contributed by atoms with Crippen molar-refractivity contribution in [3.8, 4) is 0 Å². The fourth-order valence-electron chi connectivity index (χ4n) is 1.55. The maximum Gasteiger partial charge on any atom is 0.243 e. The minimum Gasteiger partial charge on any atom is -0.381 e. The summed E-state index contributed by atoms with van der Waals surface area (Å²) in [5.74, 6) is 0.618. The third-order valence-corrected chi connectivity index (χ3v) is 2.62. The Balaban J connectivity index is 1.81. The van der Waals surface area contributed by atoms with Crippen molar-refractivity contribution in [2.24, 2.45) is 0 Å². The van der Waals surface area contributed by atoms with E-state index in [9.17, 15) is 0 Å². The average molecular weight is 269 g/mol. The Hall–Kier alpha value is -1.33. The predicted molar refractivity (Wildman–Crippen MR) is 72.2 cm³/mol. The van der Waals surface area contributed by atoms with Crippen LogP contribution in [-0.2, 0) is 4.74 Å². The molecule has 2 aromatic heterocycles. The van der Waals surface area contributed by atoms with Gasteiger partial charge in [-0.15, -0.1) is 5.10 Å². The number of fused-ring (bicyclic) bond motifs is 1. The van der Waals surface area contributed by atoms with Crippen molar-refractivity contribution in [1.82, 2.24) is 14.6 Å². The molecule has 18 heavy (non-hydrogen) atoms. The minimum atomic E-state index is 0.618. The summed E-state index contributed by atoms with van der Waals surface area (Å²) in [6.45, 7) is 4.49. The predicted octanol–water partition coefficient (Wildman–Crippen LogP) is 2.61. The van der Waals surface area contributed by atoms with Crippen LogP contribution in [0.5, 0.6) is 0 Å². The molecule has 1 N–H and O–H groups in total. The van der Waals surface area contributed by atoms with E-state index >= 15 is 0 Å². The maximum atomic E-state index is 5.88. The van der Waals surface area contributed by atoms with Crippen LogP contribution in [0.2, 0.25) is 5.02 Å². The largest absolute Gasteiger partial charge is 0.381 e. The van der Waals surface area contributed by atoms with Crippen LogP contribution in [0.25, 0.3) is 5.65 Å². The highest BCUT2D eigenvalue weighted by atomic mass is 35.5. The Labute approximate surface area is 111 Å². The number of hydrogen-bond acceptors (Lipinski definition) is 4. The molecular weight excluding hydrogens is 252 g/mol. The molecular formula is C12H17ClN4O. The quantitative estimate of drug-likeness (QED) is 0.785. The van der Waals surface area contributed by atoms with Crippen molar-refractivity contribution in [3.63, 3.8) is 0 Å². The van der Waals surface area contributed by atoms with E-state index in [4.69, 9.17) is 16.3 Å². The fourth-order valence-corrected chi connectivity index (χ4v) is 1.71. The number of nitrogens with zero attached hydrogens (tertiary/aromatic N) is 3. The molecule has 0 bridgehead atoms. The average Bonchev–Trinajstić information content (AvgIpc) is 2.75. The van der Waals surface area contributed by atoms with Crippen LogP contribution in [0.1, 0.15) is 19.8 Å². The van der Waals surface area contributed by atoms with Gasteiger partial charge in [-0.25, -0.2) is 4.52 Å².